The quantitative estimate of drug-likeness (QED) is 0.690. The van der Waals surface area contributed by atoms with E-state index in [-0.39, 0.29) is 0 Å². The van der Waals surface area contributed by atoms with Crippen LogP contribution in [0, 0.1) is 5.92 Å². The van der Waals surface area contributed by atoms with Crippen molar-refractivity contribution in [3.8, 4) is 0 Å². The highest BCUT2D eigenvalue weighted by Gasteiger charge is 2.52. The summed E-state index contributed by atoms with van der Waals surface area (Å²) >= 11 is 0. The van der Waals surface area contributed by atoms with Crippen LogP contribution in [0.5, 0.6) is 0 Å². The summed E-state index contributed by atoms with van der Waals surface area (Å²) in [6.45, 7) is -3.73. The third-order valence-electron chi connectivity index (χ3n) is 4.79. The second kappa shape index (κ2) is 4.17. The zero-order valence-corrected chi connectivity index (χ0v) is 11.3. The maximum Gasteiger partial charge on any atom is 0.736 e. The molecule has 0 bridgehead atoms. The summed E-state index contributed by atoms with van der Waals surface area (Å²) in [7, 11) is 0. The largest absolute Gasteiger partial charge is 0.736 e. The maximum absolute atomic E-state index is 14.6. The van der Waals surface area contributed by atoms with E-state index in [9.17, 15) is 8.63 Å². The molecular weight excluding hydrogens is 257 g/mol. The van der Waals surface area contributed by atoms with Crippen LogP contribution in [0.3, 0.4) is 0 Å². The van der Waals surface area contributed by atoms with Crippen molar-refractivity contribution in [2.45, 2.75) is 32.1 Å². The number of aromatic nitrogens is 1. The molecule has 104 valence electrons. The van der Waals surface area contributed by atoms with Gasteiger partial charge < -0.3 is 17.6 Å². The summed E-state index contributed by atoms with van der Waals surface area (Å²) in [5, 5.41) is 0. The second-order valence-corrected chi connectivity index (χ2v) is 5.94. The summed E-state index contributed by atoms with van der Waals surface area (Å²) in [4.78, 5) is 0. The predicted octanol–water partition coefficient (Wildman–Crippen LogP) is 3.67. The van der Waals surface area contributed by atoms with Crippen molar-refractivity contribution in [1.82, 2.24) is 4.48 Å². The summed E-state index contributed by atoms with van der Waals surface area (Å²) in [5.41, 5.74) is 2.55. The van der Waals surface area contributed by atoms with Crippen LogP contribution in [0.25, 0.3) is 5.57 Å². The van der Waals surface area contributed by atoms with Crippen LogP contribution in [0.15, 0.2) is 36.2 Å². The molecule has 1 fully saturated rings. The van der Waals surface area contributed by atoms with Crippen LogP contribution in [0.2, 0.25) is 0 Å². The summed E-state index contributed by atoms with van der Waals surface area (Å²) in [5.74, 6) is 0.415. The molecule has 2 nitrogen and oxygen atoms in total. The van der Waals surface area contributed by atoms with E-state index < -0.39 is 6.97 Å². The number of hydrogen-bond donors (Lipinski definition) is 0. The number of rotatable bonds is 1. The van der Waals surface area contributed by atoms with Gasteiger partial charge in [-0.3, -0.25) is 0 Å². The van der Waals surface area contributed by atoms with Gasteiger partial charge in [0.2, 0.25) is 0 Å². The molecule has 5 heteroatoms. The summed E-state index contributed by atoms with van der Waals surface area (Å²) in [6.07, 6.45) is 12.5. The smallest absolute Gasteiger partial charge is 0.396 e. The van der Waals surface area contributed by atoms with Gasteiger partial charge in [-0.15, -0.1) is 0 Å². The molecule has 20 heavy (non-hydrogen) atoms. The molecule has 4 rings (SSSR count). The third-order valence-corrected chi connectivity index (χ3v) is 4.79. The first-order chi connectivity index (χ1) is 9.69. The van der Waals surface area contributed by atoms with Crippen molar-refractivity contribution in [3.05, 3.63) is 41.9 Å². The van der Waals surface area contributed by atoms with Crippen molar-refractivity contribution in [1.29, 1.82) is 0 Å². The fourth-order valence-corrected chi connectivity index (χ4v) is 3.86. The lowest BCUT2D eigenvalue weighted by Gasteiger charge is -2.34. The summed E-state index contributed by atoms with van der Waals surface area (Å²) in [6, 6.07) is 3.58. The van der Waals surface area contributed by atoms with Gasteiger partial charge in [0.15, 0.2) is 5.70 Å². The molecule has 0 saturated heterocycles. The molecule has 0 unspecified atom stereocenters. The molecule has 1 saturated carbocycles. The Kier molecular flexibility index (Phi) is 2.53. The van der Waals surface area contributed by atoms with Gasteiger partial charge in [0.1, 0.15) is 6.21 Å². The van der Waals surface area contributed by atoms with Gasteiger partial charge in [-0.25, -0.2) is 0 Å². The van der Waals surface area contributed by atoms with Crippen molar-refractivity contribution in [2.24, 2.45) is 5.92 Å². The Balaban J connectivity index is 1.92. The fraction of sp³-hybridized carbons (Fsp3) is 0.400. The van der Waals surface area contributed by atoms with Gasteiger partial charge in [-0.2, -0.15) is 0 Å². The fourth-order valence-electron chi connectivity index (χ4n) is 3.86. The van der Waals surface area contributed by atoms with Gasteiger partial charge in [-0.05, 0) is 37.1 Å². The Labute approximate surface area is 117 Å². The third kappa shape index (κ3) is 1.52. The molecule has 0 aromatic carbocycles. The first-order valence-corrected chi connectivity index (χ1v) is 7.43. The molecular formula is C15H17BF2N2. The molecule has 1 aromatic heterocycles. The predicted molar refractivity (Wildman–Crippen MR) is 76.8 cm³/mol. The molecule has 1 aromatic rings. The lowest BCUT2D eigenvalue weighted by Crippen LogP contribution is -2.49. The van der Waals surface area contributed by atoms with E-state index in [4.69, 9.17) is 0 Å². The van der Waals surface area contributed by atoms with Crippen molar-refractivity contribution >= 4 is 18.8 Å². The lowest BCUT2D eigenvalue weighted by molar-refractivity contribution is -0.356. The van der Waals surface area contributed by atoms with E-state index in [1.165, 1.54) is 40.6 Å². The van der Waals surface area contributed by atoms with Crippen molar-refractivity contribution in [3.63, 3.8) is 0 Å². The monoisotopic (exact) mass is 274 g/mol. The van der Waals surface area contributed by atoms with Gasteiger partial charge in [0.05, 0.1) is 0 Å². The molecule has 1 aliphatic carbocycles. The maximum atomic E-state index is 14.6. The number of nitrogens with zero attached hydrogens (tertiary/aromatic N) is 2. The molecule has 2 aliphatic heterocycles. The molecule has 0 spiro atoms. The van der Waals surface area contributed by atoms with Crippen LogP contribution in [0.4, 0.5) is 8.63 Å². The highest BCUT2D eigenvalue weighted by molar-refractivity contribution is 6.57. The van der Waals surface area contributed by atoms with E-state index in [1.807, 2.05) is 12.1 Å². The van der Waals surface area contributed by atoms with Crippen LogP contribution in [-0.4, -0.2) is 22.1 Å². The zero-order chi connectivity index (χ0) is 13.7. The molecule has 0 atom stereocenters. The van der Waals surface area contributed by atoms with E-state index >= 15 is 0 Å². The second-order valence-electron chi connectivity index (χ2n) is 5.94. The topological polar surface area (TPSA) is 7.94 Å². The summed E-state index contributed by atoms with van der Waals surface area (Å²) < 4.78 is 31.5. The molecule has 0 N–H and O–H groups in total. The molecule has 0 radical (unpaired) electrons. The van der Waals surface area contributed by atoms with Crippen LogP contribution >= 0.6 is 0 Å². The standard InChI is InChI=1S/C15H17BF2N2/c17-16(18)19-10-4-8-13(19)15(12-6-2-1-3-7-12)14-9-5-11-20(14)16/h4-5,8-12H,1-3,6-7H2. The SMILES string of the molecule is F[B-]1(F)n2cccc2C(C2CCCCC2)=C2C=CC=[N+]21. The normalized spacial score (nSPS) is 24.6. The number of allylic oxidation sites excluding steroid dienone is 3. The van der Waals surface area contributed by atoms with Gasteiger partial charge in [-0.1, -0.05) is 19.3 Å². The Morgan fingerprint density at radius 1 is 1.20 bits per heavy atom. The molecule has 3 aliphatic rings. The molecule has 0 amide bonds. The minimum absolute atomic E-state index is 0.415. The Morgan fingerprint density at radius 3 is 2.80 bits per heavy atom. The Hall–Kier alpha value is -1.65. The first-order valence-electron chi connectivity index (χ1n) is 7.43. The Bertz CT molecular complexity index is 649. The molecule has 3 heterocycles. The van der Waals surface area contributed by atoms with Crippen LogP contribution in [0.1, 0.15) is 37.8 Å². The number of fused-ring (bicyclic) bond motifs is 2. The first kappa shape index (κ1) is 12.1. The number of hydrogen-bond acceptors (Lipinski definition) is 0. The van der Waals surface area contributed by atoms with Crippen LogP contribution in [-0.2, 0) is 0 Å². The van der Waals surface area contributed by atoms with Gasteiger partial charge in [0.25, 0.3) is 0 Å². The zero-order valence-electron chi connectivity index (χ0n) is 11.3. The average Bonchev–Trinajstić information content (AvgIpc) is 3.09. The van der Waals surface area contributed by atoms with Gasteiger partial charge >= 0.3 is 6.97 Å². The highest BCUT2D eigenvalue weighted by atomic mass is 19.2. The minimum atomic E-state index is -3.73. The van der Waals surface area contributed by atoms with E-state index in [0.29, 0.717) is 17.3 Å². The number of halogens is 2. The van der Waals surface area contributed by atoms with Gasteiger partial charge in [0, 0.05) is 23.4 Å². The van der Waals surface area contributed by atoms with Crippen LogP contribution < -0.4 is 0 Å². The average molecular weight is 274 g/mol. The van der Waals surface area contributed by atoms with Crippen molar-refractivity contribution < 1.29 is 13.1 Å². The van der Waals surface area contributed by atoms with Crippen molar-refractivity contribution in [2.75, 3.05) is 0 Å². The highest BCUT2D eigenvalue weighted by Crippen LogP contribution is 2.43. The van der Waals surface area contributed by atoms with E-state index in [2.05, 4.69) is 0 Å². The lowest BCUT2D eigenvalue weighted by atomic mass is 9.78. The minimum Gasteiger partial charge on any atom is -0.396 e. The van der Waals surface area contributed by atoms with E-state index in [1.54, 1.807) is 12.1 Å². The Morgan fingerprint density at radius 2 is 2.00 bits per heavy atom. The van der Waals surface area contributed by atoms with E-state index in [0.717, 1.165) is 18.4 Å².